The first-order chi connectivity index (χ1) is 11.9. The number of nitrogens with one attached hydrogen (secondary N) is 1. The maximum absolute atomic E-state index is 12.1. The van der Waals surface area contributed by atoms with E-state index in [-0.39, 0.29) is 11.9 Å². The molecule has 0 atom stereocenters. The minimum absolute atomic E-state index is 0.0304. The Kier molecular flexibility index (Phi) is 8.07. The van der Waals surface area contributed by atoms with Crippen LogP contribution < -0.4 is 10.1 Å². The van der Waals surface area contributed by atoms with E-state index in [1.165, 1.54) is 5.57 Å². The van der Waals surface area contributed by atoms with Gasteiger partial charge in [0.05, 0.1) is 23.1 Å². The Labute approximate surface area is 160 Å². The monoisotopic (exact) mass is 384 g/mol. The number of carbonyl (C=O) groups excluding carboxylic acids is 1. The van der Waals surface area contributed by atoms with E-state index in [1.807, 2.05) is 0 Å². The zero-order valence-electron chi connectivity index (χ0n) is 14.9. The van der Waals surface area contributed by atoms with Gasteiger partial charge in [0.25, 0.3) is 0 Å². The molecule has 1 saturated heterocycles. The van der Waals surface area contributed by atoms with Crippen LogP contribution in [0.3, 0.4) is 0 Å². The van der Waals surface area contributed by atoms with E-state index in [4.69, 9.17) is 27.9 Å². The van der Waals surface area contributed by atoms with Crippen LogP contribution >= 0.6 is 23.2 Å². The number of hydrogen-bond donors (Lipinski definition) is 1. The van der Waals surface area contributed by atoms with Crippen molar-refractivity contribution >= 4 is 29.1 Å². The number of ether oxygens (including phenoxy) is 1. The van der Waals surface area contributed by atoms with Gasteiger partial charge >= 0.3 is 0 Å². The summed E-state index contributed by atoms with van der Waals surface area (Å²) in [4.78, 5) is 14.5. The van der Waals surface area contributed by atoms with Crippen molar-refractivity contribution in [2.75, 3.05) is 26.2 Å². The first-order valence-electron chi connectivity index (χ1n) is 8.67. The Morgan fingerprint density at radius 1 is 1.28 bits per heavy atom. The maximum Gasteiger partial charge on any atom is 0.223 e. The van der Waals surface area contributed by atoms with Gasteiger partial charge in [-0.25, -0.2) is 0 Å². The summed E-state index contributed by atoms with van der Waals surface area (Å²) in [5, 5.41) is 4.04. The number of carbonyl (C=O) groups is 1. The van der Waals surface area contributed by atoms with E-state index < -0.39 is 0 Å². The van der Waals surface area contributed by atoms with Gasteiger partial charge in [0.1, 0.15) is 5.75 Å². The average molecular weight is 385 g/mol. The number of hydrogen-bond acceptors (Lipinski definition) is 3. The van der Waals surface area contributed by atoms with Crippen molar-refractivity contribution in [1.29, 1.82) is 0 Å². The molecular weight excluding hydrogens is 359 g/mol. The van der Waals surface area contributed by atoms with E-state index in [2.05, 4.69) is 30.1 Å². The Balaban J connectivity index is 1.64. The quantitative estimate of drug-likeness (QED) is 0.712. The van der Waals surface area contributed by atoms with Crippen LogP contribution in [0.25, 0.3) is 0 Å². The first kappa shape index (κ1) is 20.1. The van der Waals surface area contributed by atoms with Gasteiger partial charge in [0, 0.05) is 31.7 Å². The molecule has 1 aromatic rings. The average Bonchev–Trinajstić information content (AvgIpc) is 2.57. The van der Waals surface area contributed by atoms with E-state index >= 15 is 0 Å². The van der Waals surface area contributed by atoms with E-state index in [0.29, 0.717) is 28.8 Å². The fourth-order valence-corrected chi connectivity index (χ4v) is 2.99. The molecule has 1 fully saturated rings. The van der Waals surface area contributed by atoms with Gasteiger partial charge in [-0.3, -0.25) is 9.69 Å². The molecule has 6 heteroatoms. The number of rotatable bonds is 7. The van der Waals surface area contributed by atoms with Crippen LogP contribution in [-0.2, 0) is 4.79 Å². The molecule has 1 N–H and O–H groups in total. The van der Waals surface area contributed by atoms with Crippen LogP contribution in [0, 0.1) is 0 Å². The van der Waals surface area contributed by atoms with Crippen LogP contribution in [0.1, 0.15) is 33.1 Å². The molecule has 0 aliphatic carbocycles. The van der Waals surface area contributed by atoms with Crippen molar-refractivity contribution in [2.45, 2.75) is 39.2 Å². The van der Waals surface area contributed by atoms with Crippen molar-refractivity contribution in [3.8, 4) is 5.75 Å². The molecule has 0 unspecified atom stereocenters. The lowest BCUT2D eigenvalue weighted by molar-refractivity contribution is -0.122. The molecule has 0 radical (unpaired) electrons. The van der Waals surface area contributed by atoms with E-state index in [9.17, 15) is 4.79 Å². The Bertz CT molecular complexity index is 607. The van der Waals surface area contributed by atoms with Gasteiger partial charge in [-0.1, -0.05) is 34.9 Å². The SMILES string of the molecule is CC(C)=CCN1CCC(NC(=O)CCOc2ccc(Cl)c(Cl)c2)CC1. The second kappa shape index (κ2) is 10.0. The molecule has 0 saturated carbocycles. The zero-order chi connectivity index (χ0) is 18.2. The normalized spacial score (nSPS) is 15.7. The van der Waals surface area contributed by atoms with Gasteiger partial charge in [-0.15, -0.1) is 0 Å². The number of allylic oxidation sites excluding steroid dienone is 1. The van der Waals surface area contributed by atoms with Crippen LogP contribution in [0.5, 0.6) is 5.75 Å². The van der Waals surface area contributed by atoms with Crippen molar-refractivity contribution in [3.05, 3.63) is 39.9 Å². The summed E-state index contributed by atoms with van der Waals surface area (Å²) in [5.74, 6) is 0.651. The largest absolute Gasteiger partial charge is 0.493 e. The number of nitrogens with zero attached hydrogens (tertiary/aromatic N) is 1. The number of amides is 1. The standard InChI is InChI=1S/C19H26Cl2N2O2/c1-14(2)5-9-23-10-6-15(7-11-23)22-19(24)8-12-25-16-3-4-17(20)18(21)13-16/h3-5,13,15H,6-12H2,1-2H3,(H,22,24). The number of likely N-dealkylation sites (tertiary alicyclic amines) is 1. The van der Waals surface area contributed by atoms with Crippen LogP contribution in [-0.4, -0.2) is 43.1 Å². The zero-order valence-corrected chi connectivity index (χ0v) is 16.4. The Hall–Kier alpha value is -1.23. The van der Waals surface area contributed by atoms with E-state index in [1.54, 1.807) is 18.2 Å². The summed E-state index contributed by atoms with van der Waals surface area (Å²) in [6.45, 7) is 7.60. The molecule has 1 aliphatic rings. The lowest BCUT2D eigenvalue weighted by atomic mass is 10.0. The predicted molar refractivity (Wildman–Crippen MR) is 104 cm³/mol. The molecule has 1 aliphatic heterocycles. The van der Waals surface area contributed by atoms with E-state index in [0.717, 1.165) is 32.5 Å². The highest BCUT2D eigenvalue weighted by Crippen LogP contribution is 2.26. The van der Waals surface area contributed by atoms with Gasteiger partial charge in [0.2, 0.25) is 5.91 Å². The van der Waals surface area contributed by atoms with Crippen LogP contribution in [0.4, 0.5) is 0 Å². The lowest BCUT2D eigenvalue weighted by Crippen LogP contribution is -2.44. The first-order valence-corrected chi connectivity index (χ1v) is 9.42. The molecule has 2 rings (SSSR count). The number of piperidine rings is 1. The third-order valence-corrected chi connectivity index (χ3v) is 4.94. The Morgan fingerprint density at radius 3 is 2.64 bits per heavy atom. The molecule has 4 nitrogen and oxygen atoms in total. The summed E-state index contributed by atoms with van der Waals surface area (Å²) < 4.78 is 5.55. The summed E-state index contributed by atoms with van der Waals surface area (Å²) in [6, 6.07) is 5.35. The molecule has 0 bridgehead atoms. The minimum Gasteiger partial charge on any atom is -0.493 e. The molecular formula is C19H26Cl2N2O2. The molecule has 0 spiro atoms. The lowest BCUT2D eigenvalue weighted by Gasteiger charge is -2.31. The van der Waals surface area contributed by atoms with Gasteiger partial charge in [-0.2, -0.15) is 0 Å². The van der Waals surface area contributed by atoms with Crippen molar-refractivity contribution < 1.29 is 9.53 Å². The van der Waals surface area contributed by atoms with Crippen molar-refractivity contribution in [2.24, 2.45) is 0 Å². The van der Waals surface area contributed by atoms with Gasteiger partial charge < -0.3 is 10.1 Å². The molecule has 1 amide bonds. The van der Waals surface area contributed by atoms with Gasteiger partial charge in [-0.05, 0) is 38.8 Å². The second-order valence-electron chi connectivity index (χ2n) is 6.60. The summed E-state index contributed by atoms with van der Waals surface area (Å²) in [6.07, 6.45) is 4.57. The smallest absolute Gasteiger partial charge is 0.223 e. The summed E-state index contributed by atoms with van der Waals surface area (Å²) >= 11 is 11.8. The fraction of sp³-hybridized carbons (Fsp3) is 0.526. The molecule has 1 aromatic carbocycles. The third kappa shape index (κ3) is 7.27. The third-order valence-electron chi connectivity index (χ3n) is 4.20. The molecule has 1 heterocycles. The highest BCUT2D eigenvalue weighted by molar-refractivity contribution is 6.42. The van der Waals surface area contributed by atoms with Crippen molar-refractivity contribution in [3.63, 3.8) is 0 Å². The highest BCUT2D eigenvalue weighted by Gasteiger charge is 2.19. The van der Waals surface area contributed by atoms with Gasteiger partial charge in [0.15, 0.2) is 0 Å². The molecule has 0 aromatic heterocycles. The summed E-state index contributed by atoms with van der Waals surface area (Å²) in [5.41, 5.74) is 1.34. The van der Waals surface area contributed by atoms with Crippen LogP contribution in [0.15, 0.2) is 29.8 Å². The van der Waals surface area contributed by atoms with Crippen LogP contribution in [0.2, 0.25) is 10.0 Å². The predicted octanol–water partition coefficient (Wildman–Crippen LogP) is 4.31. The number of benzene rings is 1. The topological polar surface area (TPSA) is 41.6 Å². The summed E-state index contributed by atoms with van der Waals surface area (Å²) in [7, 11) is 0. The minimum atomic E-state index is 0.0304. The maximum atomic E-state index is 12.1. The molecule has 25 heavy (non-hydrogen) atoms. The fourth-order valence-electron chi connectivity index (χ4n) is 2.70. The number of halogens is 2. The Morgan fingerprint density at radius 2 is 2.00 bits per heavy atom. The highest BCUT2D eigenvalue weighted by atomic mass is 35.5. The molecule has 138 valence electrons. The van der Waals surface area contributed by atoms with Crippen molar-refractivity contribution in [1.82, 2.24) is 10.2 Å². The second-order valence-corrected chi connectivity index (χ2v) is 7.41.